The number of rotatable bonds is 4. The van der Waals surface area contributed by atoms with Crippen molar-refractivity contribution in [1.29, 1.82) is 5.26 Å². The third-order valence-electron chi connectivity index (χ3n) is 4.76. The molecule has 1 saturated heterocycles. The highest BCUT2D eigenvalue weighted by atomic mass is 19.1. The lowest BCUT2D eigenvalue weighted by Gasteiger charge is -2.24. The number of quaternary nitrogens is 1. The van der Waals surface area contributed by atoms with Crippen LogP contribution in [0.3, 0.4) is 0 Å². The lowest BCUT2D eigenvalue weighted by Crippen LogP contribution is -3.14. The second kappa shape index (κ2) is 7.20. The van der Waals surface area contributed by atoms with Crippen LogP contribution in [0.15, 0.2) is 36.7 Å². The number of benzene rings is 1. The van der Waals surface area contributed by atoms with Crippen molar-refractivity contribution in [2.24, 2.45) is 0 Å². The highest BCUT2D eigenvalue weighted by molar-refractivity contribution is 5.67. The van der Waals surface area contributed by atoms with Crippen LogP contribution in [-0.4, -0.2) is 47.4 Å². The van der Waals surface area contributed by atoms with Crippen molar-refractivity contribution < 1.29 is 14.0 Å². The summed E-state index contributed by atoms with van der Waals surface area (Å²) in [6.07, 6.45) is 4.28. The van der Waals surface area contributed by atoms with Crippen LogP contribution < -0.4 is 4.90 Å². The number of nitrogens with zero attached hydrogens (tertiary/aromatic N) is 4. The summed E-state index contributed by atoms with van der Waals surface area (Å²) in [4.78, 5) is 6.19. The van der Waals surface area contributed by atoms with Gasteiger partial charge in [-0.3, -0.25) is 0 Å². The largest absolute Gasteiger partial charge is 0.370 e. The van der Waals surface area contributed by atoms with Gasteiger partial charge in [0.25, 0.3) is 0 Å². The van der Waals surface area contributed by atoms with Crippen molar-refractivity contribution in [3.63, 3.8) is 0 Å². The zero-order valence-corrected chi connectivity index (χ0v) is 14.3. The summed E-state index contributed by atoms with van der Waals surface area (Å²) in [7, 11) is 0. The van der Waals surface area contributed by atoms with Gasteiger partial charge in [0, 0.05) is 23.7 Å². The van der Waals surface area contributed by atoms with E-state index in [-0.39, 0.29) is 5.82 Å². The molecule has 3 aromatic rings. The predicted molar refractivity (Wildman–Crippen MR) is 93.2 cm³/mol. The number of nitriles is 1. The van der Waals surface area contributed by atoms with Crippen LogP contribution in [-0.2, 0) is 11.2 Å². The van der Waals surface area contributed by atoms with Gasteiger partial charge >= 0.3 is 0 Å². The van der Waals surface area contributed by atoms with Gasteiger partial charge in [-0.15, -0.1) is 0 Å². The van der Waals surface area contributed by atoms with Gasteiger partial charge in [-0.25, -0.2) is 13.9 Å². The van der Waals surface area contributed by atoms with Gasteiger partial charge in [0.15, 0.2) is 5.65 Å². The summed E-state index contributed by atoms with van der Waals surface area (Å²) in [5, 5.41) is 13.5. The van der Waals surface area contributed by atoms with E-state index in [1.54, 1.807) is 16.6 Å². The number of aromatic nitrogens is 3. The van der Waals surface area contributed by atoms with Crippen molar-refractivity contribution in [2.45, 2.75) is 6.42 Å². The summed E-state index contributed by atoms with van der Waals surface area (Å²) < 4.78 is 20.4. The second-order valence-corrected chi connectivity index (χ2v) is 6.42. The molecular formula is C19H19FN5O+. The van der Waals surface area contributed by atoms with E-state index in [0.29, 0.717) is 11.2 Å². The monoisotopic (exact) mass is 352 g/mol. The van der Waals surface area contributed by atoms with Crippen molar-refractivity contribution in [3.8, 4) is 17.3 Å². The van der Waals surface area contributed by atoms with E-state index in [9.17, 15) is 9.65 Å². The van der Waals surface area contributed by atoms with Gasteiger partial charge in [0.2, 0.25) is 0 Å². The molecule has 132 valence electrons. The third kappa shape index (κ3) is 3.29. The minimum atomic E-state index is -0.281. The molecule has 0 saturated carbocycles. The van der Waals surface area contributed by atoms with Crippen molar-refractivity contribution >= 4 is 5.65 Å². The lowest BCUT2D eigenvalue weighted by atomic mass is 10.0. The Kier molecular flexibility index (Phi) is 4.61. The Labute approximate surface area is 150 Å². The van der Waals surface area contributed by atoms with Crippen LogP contribution in [0.5, 0.6) is 0 Å². The van der Waals surface area contributed by atoms with Gasteiger partial charge < -0.3 is 9.64 Å². The molecule has 1 aliphatic heterocycles. The Morgan fingerprint density at radius 1 is 1.23 bits per heavy atom. The molecule has 0 amide bonds. The van der Waals surface area contributed by atoms with Gasteiger partial charge in [-0.1, -0.05) is 0 Å². The predicted octanol–water partition coefficient (Wildman–Crippen LogP) is 0.865. The number of fused-ring (bicyclic) bond motifs is 1. The maximum Gasteiger partial charge on any atom is 0.173 e. The first kappa shape index (κ1) is 16.6. The fraction of sp³-hybridized carbons (Fsp3) is 0.316. The molecule has 0 radical (unpaired) electrons. The Balaban J connectivity index is 1.72. The number of halogens is 1. The Hall–Kier alpha value is -2.82. The van der Waals surface area contributed by atoms with E-state index >= 15 is 0 Å². The molecule has 2 aromatic heterocycles. The molecule has 26 heavy (non-hydrogen) atoms. The molecule has 0 atom stereocenters. The number of ether oxygens (including phenoxy) is 1. The molecule has 0 spiro atoms. The molecule has 1 N–H and O–H groups in total. The van der Waals surface area contributed by atoms with Crippen LogP contribution in [0.4, 0.5) is 4.39 Å². The molecule has 0 bridgehead atoms. The van der Waals surface area contributed by atoms with Gasteiger partial charge in [0.1, 0.15) is 30.5 Å². The average Bonchev–Trinajstić information content (AvgIpc) is 3.09. The highest BCUT2D eigenvalue weighted by Crippen LogP contribution is 2.24. The second-order valence-electron chi connectivity index (χ2n) is 6.42. The van der Waals surface area contributed by atoms with E-state index in [4.69, 9.17) is 9.72 Å². The van der Waals surface area contributed by atoms with E-state index in [0.717, 1.165) is 56.1 Å². The molecule has 1 fully saturated rings. The fourth-order valence-corrected chi connectivity index (χ4v) is 3.29. The molecule has 1 aliphatic rings. The molecule has 6 nitrogen and oxygen atoms in total. The summed E-state index contributed by atoms with van der Waals surface area (Å²) in [5.41, 5.74) is 3.61. The van der Waals surface area contributed by atoms with Crippen molar-refractivity contribution in [3.05, 3.63) is 53.6 Å². The molecular weight excluding hydrogens is 333 g/mol. The van der Waals surface area contributed by atoms with Crippen LogP contribution in [0, 0.1) is 17.1 Å². The zero-order chi connectivity index (χ0) is 17.9. The molecule has 7 heteroatoms. The maximum atomic E-state index is 13.3. The van der Waals surface area contributed by atoms with Crippen LogP contribution >= 0.6 is 0 Å². The number of morpholine rings is 1. The fourth-order valence-electron chi connectivity index (χ4n) is 3.29. The number of hydrogen-bond acceptors (Lipinski definition) is 4. The van der Waals surface area contributed by atoms with Gasteiger partial charge in [-0.05, 0) is 24.3 Å². The summed E-state index contributed by atoms with van der Waals surface area (Å²) in [6, 6.07) is 8.43. The van der Waals surface area contributed by atoms with Crippen molar-refractivity contribution in [2.75, 3.05) is 32.8 Å². The van der Waals surface area contributed by atoms with Crippen LogP contribution in [0.1, 0.15) is 11.1 Å². The number of nitrogens with one attached hydrogen (secondary N) is 1. The van der Waals surface area contributed by atoms with E-state index < -0.39 is 0 Å². The third-order valence-corrected chi connectivity index (χ3v) is 4.76. The average molecular weight is 352 g/mol. The maximum absolute atomic E-state index is 13.3. The van der Waals surface area contributed by atoms with Gasteiger partial charge in [-0.2, -0.15) is 10.4 Å². The summed E-state index contributed by atoms with van der Waals surface area (Å²) in [6.45, 7) is 4.56. The molecule has 0 unspecified atom stereocenters. The first-order valence-corrected chi connectivity index (χ1v) is 8.69. The number of hydrogen-bond donors (Lipinski definition) is 1. The molecule has 0 aliphatic carbocycles. The minimum Gasteiger partial charge on any atom is -0.370 e. The van der Waals surface area contributed by atoms with Gasteiger partial charge in [0.05, 0.1) is 31.6 Å². The standard InChI is InChI=1S/C19H18FN5O/c20-17-3-1-14(2-4-17)18-15(5-6-24-7-9-26-10-8-24)13-25-19(23-18)16(11-21)12-22-25/h1-4,12-13H,5-10H2/p+1. The Morgan fingerprint density at radius 2 is 2.00 bits per heavy atom. The Morgan fingerprint density at radius 3 is 2.73 bits per heavy atom. The lowest BCUT2D eigenvalue weighted by molar-refractivity contribution is -0.907. The minimum absolute atomic E-state index is 0.281. The quantitative estimate of drug-likeness (QED) is 0.756. The van der Waals surface area contributed by atoms with Crippen LogP contribution in [0.2, 0.25) is 0 Å². The topological polar surface area (TPSA) is 67.7 Å². The van der Waals surface area contributed by atoms with E-state index in [2.05, 4.69) is 11.2 Å². The normalized spacial score (nSPS) is 15.2. The SMILES string of the molecule is N#Cc1cnn2cc(CC[NH+]3CCOCC3)c(-c3ccc(F)cc3)nc12. The molecule has 4 rings (SSSR count). The van der Waals surface area contributed by atoms with E-state index in [1.165, 1.54) is 23.2 Å². The Bertz CT molecular complexity index is 954. The first-order valence-electron chi connectivity index (χ1n) is 8.69. The van der Waals surface area contributed by atoms with Crippen LogP contribution in [0.25, 0.3) is 16.9 Å². The summed E-state index contributed by atoms with van der Waals surface area (Å²) >= 11 is 0. The highest BCUT2D eigenvalue weighted by Gasteiger charge is 2.17. The summed E-state index contributed by atoms with van der Waals surface area (Å²) in [5.74, 6) is -0.281. The van der Waals surface area contributed by atoms with Crippen molar-refractivity contribution in [1.82, 2.24) is 14.6 Å². The first-order chi connectivity index (χ1) is 12.7. The smallest absolute Gasteiger partial charge is 0.173 e. The van der Waals surface area contributed by atoms with E-state index in [1.807, 2.05) is 6.20 Å². The molecule has 1 aromatic carbocycles. The molecule has 3 heterocycles. The zero-order valence-electron chi connectivity index (χ0n) is 14.3.